The van der Waals surface area contributed by atoms with E-state index in [-0.39, 0.29) is 0 Å². The highest BCUT2D eigenvalue weighted by Gasteiger charge is 2.17. The van der Waals surface area contributed by atoms with Crippen LogP contribution < -0.4 is 0 Å². The molecule has 258 valence electrons. The Morgan fingerprint density at radius 3 is 1.94 bits per heavy atom. The van der Waals surface area contributed by atoms with Crippen LogP contribution in [-0.4, -0.2) is 24.5 Å². The monoisotopic (exact) mass is 713 g/mol. The van der Waals surface area contributed by atoms with Crippen molar-refractivity contribution in [1.82, 2.24) is 24.5 Å². The first kappa shape index (κ1) is 32.2. The fraction of sp³-hybridized carbons (Fsp3) is 0.0833. The summed E-state index contributed by atoms with van der Waals surface area (Å²) < 4.78 is 4.89. The number of aryl methyl sites for hydroxylation is 1. The van der Waals surface area contributed by atoms with Crippen LogP contribution in [0, 0.1) is 0 Å². The molecule has 0 spiro atoms. The summed E-state index contributed by atoms with van der Waals surface area (Å²) in [5.41, 5.74) is 8.76. The van der Waals surface area contributed by atoms with Crippen LogP contribution in [0.5, 0.6) is 0 Å². The van der Waals surface area contributed by atoms with Crippen LogP contribution in [-0.2, 0) is 6.42 Å². The Labute approximate surface area is 317 Å². The van der Waals surface area contributed by atoms with E-state index in [1.807, 2.05) is 47.9 Å². The second-order valence-electron chi connectivity index (χ2n) is 13.7. The number of hydrogen-bond donors (Lipinski definition) is 0. The van der Waals surface area contributed by atoms with Crippen molar-refractivity contribution in [2.75, 3.05) is 0 Å². The van der Waals surface area contributed by atoms with Crippen LogP contribution in [0.2, 0.25) is 0 Å². The minimum Gasteiger partial charge on any atom is -0.294 e. The maximum Gasteiger partial charge on any atom is 0.165 e. The van der Waals surface area contributed by atoms with Gasteiger partial charge in [0.1, 0.15) is 5.82 Å². The second kappa shape index (κ2) is 13.5. The van der Waals surface area contributed by atoms with Gasteiger partial charge < -0.3 is 0 Å². The lowest BCUT2D eigenvalue weighted by atomic mass is 10.0. The molecule has 6 aromatic carbocycles. The number of thiophene rings is 1. The van der Waals surface area contributed by atoms with Crippen molar-refractivity contribution in [3.8, 4) is 51.1 Å². The molecule has 54 heavy (non-hydrogen) atoms. The highest BCUT2D eigenvalue weighted by atomic mass is 32.1. The van der Waals surface area contributed by atoms with Gasteiger partial charge in [-0.25, -0.2) is 19.9 Å². The predicted molar refractivity (Wildman–Crippen MR) is 225 cm³/mol. The molecule has 0 aliphatic heterocycles. The number of nitrogens with zero attached hydrogens (tertiary/aromatic N) is 5. The van der Waals surface area contributed by atoms with Crippen molar-refractivity contribution in [1.29, 1.82) is 0 Å². The van der Waals surface area contributed by atoms with Crippen molar-refractivity contribution in [2.45, 2.75) is 26.2 Å². The Bertz CT molecular complexity index is 2960. The van der Waals surface area contributed by atoms with E-state index in [9.17, 15) is 0 Å². The Balaban J connectivity index is 1.06. The van der Waals surface area contributed by atoms with Gasteiger partial charge in [-0.2, -0.15) is 0 Å². The third-order valence-corrected chi connectivity index (χ3v) is 11.5. The van der Waals surface area contributed by atoms with Gasteiger partial charge in [-0.15, -0.1) is 11.3 Å². The van der Waals surface area contributed by atoms with E-state index in [0.29, 0.717) is 17.5 Å². The standard InChI is InChI=1S/C48H35N5S/c1-2-3-12-31-21-23-33(24-22-31)47-50-46(32-13-5-4-6-14-32)51-48(52-47)35-26-28-44(49-30-35)53-41-19-9-7-15-37(41)40-29-34(25-27-42(40)53)36-17-11-18-39-38-16-8-10-20-43(38)54-45(36)39/h4-11,13-30H,2-3,12H2,1H3. The zero-order valence-corrected chi connectivity index (χ0v) is 30.6. The Kier molecular flexibility index (Phi) is 8.03. The van der Waals surface area contributed by atoms with Crippen LogP contribution in [0.1, 0.15) is 25.3 Å². The molecule has 0 N–H and O–H groups in total. The van der Waals surface area contributed by atoms with E-state index in [2.05, 4.69) is 133 Å². The van der Waals surface area contributed by atoms with Crippen LogP contribution in [0.3, 0.4) is 0 Å². The summed E-state index contributed by atoms with van der Waals surface area (Å²) in [4.78, 5) is 19.9. The van der Waals surface area contributed by atoms with Crippen LogP contribution >= 0.6 is 11.3 Å². The lowest BCUT2D eigenvalue weighted by Crippen LogP contribution is -2.02. The Morgan fingerprint density at radius 2 is 1.17 bits per heavy atom. The van der Waals surface area contributed by atoms with E-state index in [1.54, 1.807) is 0 Å². The molecule has 0 amide bonds. The molecule has 0 aliphatic rings. The predicted octanol–water partition coefficient (Wildman–Crippen LogP) is 12.7. The molecule has 5 nitrogen and oxygen atoms in total. The fourth-order valence-corrected chi connectivity index (χ4v) is 8.80. The lowest BCUT2D eigenvalue weighted by molar-refractivity contribution is 0.795. The summed E-state index contributed by atoms with van der Waals surface area (Å²) in [6, 6.07) is 53.6. The molecular formula is C48H35N5S. The summed E-state index contributed by atoms with van der Waals surface area (Å²) in [7, 11) is 0. The number of pyridine rings is 1. The zero-order valence-electron chi connectivity index (χ0n) is 29.8. The molecule has 0 aliphatic carbocycles. The Hall–Kier alpha value is -6.50. The SMILES string of the molecule is CCCCc1ccc(-c2nc(-c3ccccc3)nc(-c3ccc(-n4c5ccccc5c5cc(-c6cccc7c6sc6ccccc67)ccc54)nc3)n2)cc1. The molecule has 4 aromatic heterocycles. The molecule has 0 atom stereocenters. The number of hydrogen-bond acceptors (Lipinski definition) is 5. The number of aromatic nitrogens is 5. The maximum absolute atomic E-state index is 5.05. The van der Waals surface area contributed by atoms with E-state index in [1.165, 1.54) is 60.5 Å². The van der Waals surface area contributed by atoms with Gasteiger partial charge in [0, 0.05) is 53.8 Å². The van der Waals surface area contributed by atoms with E-state index in [0.717, 1.165) is 40.0 Å². The second-order valence-corrected chi connectivity index (χ2v) is 14.8. The summed E-state index contributed by atoms with van der Waals surface area (Å²) >= 11 is 1.87. The highest BCUT2D eigenvalue weighted by Crippen LogP contribution is 2.42. The van der Waals surface area contributed by atoms with Crippen LogP contribution in [0.15, 0.2) is 158 Å². The summed E-state index contributed by atoms with van der Waals surface area (Å²) in [6.45, 7) is 2.22. The van der Waals surface area contributed by atoms with Crippen molar-refractivity contribution in [2.24, 2.45) is 0 Å². The molecule has 4 heterocycles. The molecule has 0 bridgehead atoms. The molecule has 0 unspecified atom stereocenters. The number of benzene rings is 6. The lowest BCUT2D eigenvalue weighted by Gasteiger charge is -2.10. The quantitative estimate of drug-likeness (QED) is 0.157. The molecule has 6 heteroatoms. The third-order valence-electron chi connectivity index (χ3n) is 10.3. The van der Waals surface area contributed by atoms with Crippen molar-refractivity contribution in [3.05, 3.63) is 163 Å². The van der Waals surface area contributed by atoms with Crippen molar-refractivity contribution < 1.29 is 0 Å². The minimum absolute atomic E-state index is 0.593. The molecule has 0 saturated heterocycles. The number of fused-ring (bicyclic) bond motifs is 6. The summed E-state index contributed by atoms with van der Waals surface area (Å²) in [5.74, 6) is 2.72. The number of rotatable bonds is 8. The maximum atomic E-state index is 5.05. The normalized spacial score (nSPS) is 11.6. The van der Waals surface area contributed by atoms with Gasteiger partial charge in [0.2, 0.25) is 0 Å². The van der Waals surface area contributed by atoms with Crippen molar-refractivity contribution in [3.63, 3.8) is 0 Å². The van der Waals surface area contributed by atoms with Gasteiger partial charge in [-0.1, -0.05) is 129 Å². The average Bonchev–Trinajstić information content (AvgIpc) is 3.79. The Morgan fingerprint density at radius 1 is 0.519 bits per heavy atom. The van der Waals surface area contributed by atoms with Gasteiger partial charge in [-0.05, 0) is 65.9 Å². The van der Waals surface area contributed by atoms with Gasteiger partial charge in [0.15, 0.2) is 17.5 Å². The molecule has 0 radical (unpaired) electrons. The third kappa shape index (κ3) is 5.63. The largest absolute Gasteiger partial charge is 0.294 e. The molecule has 10 rings (SSSR count). The topological polar surface area (TPSA) is 56.5 Å². The highest BCUT2D eigenvalue weighted by molar-refractivity contribution is 7.26. The molecule has 0 saturated carbocycles. The van der Waals surface area contributed by atoms with E-state index >= 15 is 0 Å². The first-order chi connectivity index (χ1) is 26.7. The molecule has 0 fully saturated rings. The molecular weight excluding hydrogens is 679 g/mol. The zero-order chi connectivity index (χ0) is 36.0. The van der Waals surface area contributed by atoms with Crippen LogP contribution in [0.4, 0.5) is 0 Å². The first-order valence-corrected chi connectivity index (χ1v) is 19.3. The van der Waals surface area contributed by atoms with E-state index < -0.39 is 0 Å². The summed E-state index contributed by atoms with van der Waals surface area (Å²) in [5, 5.41) is 5.01. The van der Waals surface area contributed by atoms with Gasteiger partial charge in [-0.3, -0.25) is 4.57 Å². The molecule has 10 aromatic rings. The smallest absolute Gasteiger partial charge is 0.165 e. The number of unbranched alkanes of at least 4 members (excludes halogenated alkanes) is 1. The van der Waals surface area contributed by atoms with Gasteiger partial charge in [0.05, 0.1) is 11.0 Å². The van der Waals surface area contributed by atoms with Gasteiger partial charge >= 0.3 is 0 Å². The first-order valence-electron chi connectivity index (χ1n) is 18.5. The summed E-state index contributed by atoms with van der Waals surface area (Å²) in [6.07, 6.45) is 5.31. The van der Waals surface area contributed by atoms with Crippen LogP contribution in [0.25, 0.3) is 93.1 Å². The average molecular weight is 714 g/mol. The van der Waals surface area contributed by atoms with Gasteiger partial charge in [0.25, 0.3) is 0 Å². The minimum atomic E-state index is 0.593. The fourth-order valence-electron chi connectivity index (χ4n) is 7.56. The van der Waals surface area contributed by atoms with Crippen molar-refractivity contribution >= 4 is 53.3 Å². The van der Waals surface area contributed by atoms with E-state index in [4.69, 9.17) is 19.9 Å². The number of para-hydroxylation sites is 1.